The fourth-order valence-corrected chi connectivity index (χ4v) is 3.68. The van der Waals surface area contributed by atoms with Crippen molar-refractivity contribution in [2.24, 2.45) is 0 Å². The molecule has 5 nitrogen and oxygen atoms in total. The molecule has 1 fully saturated rings. The Bertz CT molecular complexity index is 875. The van der Waals surface area contributed by atoms with Crippen molar-refractivity contribution in [2.45, 2.75) is 19.5 Å². The maximum atomic E-state index is 6.09. The molecule has 0 spiro atoms. The first kappa shape index (κ1) is 18.2. The highest BCUT2D eigenvalue weighted by atomic mass is 35.5. The number of benzene rings is 2. The van der Waals surface area contributed by atoms with Gasteiger partial charge in [-0.25, -0.2) is 0 Å². The molecule has 1 saturated heterocycles. The summed E-state index contributed by atoms with van der Waals surface area (Å²) in [5.41, 5.74) is 2.24. The molecule has 140 valence electrons. The highest BCUT2D eigenvalue weighted by molar-refractivity contribution is 6.30. The largest absolute Gasteiger partial charge is 0.337 e. The molecule has 1 aliphatic rings. The van der Waals surface area contributed by atoms with Gasteiger partial charge >= 0.3 is 0 Å². The van der Waals surface area contributed by atoms with Gasteiger partial charge in [0.15, 0.2) is 0 Å². The highest BCUT2D eigenvalue weighted by Crippen LogP contribution is 2.24. The molecule has 0 bridgehead atoms. The Labute approximate surface area is 164 Å². The van der Waals surface area contributed by atoms with Crippen LogP contribution in [0.5, 0.6) is 0 Å². The second kappa shape index (κ2) is 8.21. The molecule has 0 aliphatic carbocycles. The van der Waals surface area contributed by atoms with Crippen molar-refractivity contribution in [1.82, 2.24) is 19.9 Å². The topological polar surface area (TPSA) is 45.4 Å². The van der Waals surface area contributed by atoms with Gasteiger partial charge < -0.3 is 4.52 Å². The fourth-order valence-electron chi connectivity index (χ4n) is 3.47. The van der Waals surface area contributed by atoms with Gasteiger partial charge in [-0.05, 0) is 24.6 Å². The molecule has 0 saturated carbocycles. The van der Waals surface area contributed by atoms with Crippen LogP contribution >= 0.6 is 11.6 Å². The van der Waals surface area contributed by atoms with Crippen LogP contribution in [0.2, 0.25) is 5.02 Å². The van der Waals surface area contributed by atoms with Crippen LogP contribution in [-0.4, -0.2) is 46.1 Å². The number of nitrogens with zero attached hydrogens (tertiary/aromatic N) is 4. The van der Waals surface area contributed by atoms with Crippen molar-refractivity contribution in [1.29, 1.82) is 0 Å². The zero-order valence-corrected chi connectivity index (χ0v) is 16.1. The van der Waals surface area contributed by atoms with E-state index in [0.29, 0.717) is 11.7 Å². The van der Waals surface area contributed by atoms with Gasteiger partial charge in [0.2, 0.25) is 11.7 Å². The molecular weight excluding hydrogens is 360 g/mol. The minimum atomic E-state index is 0.114. The highest BCUT2D eigenvalue weighted by Gasteiger charge is 2.26. The zero-order valence-electron chi connectivity index (χ0n) is 15.4. The lowest BCUT2D eigenvalue weighted by molar-refractivity contribution is 0.0845. The molecular formula is C21H23ClN4O. The van der Waals surface area contributed by atoms with E-state index in [9.17, 15) is 0 Å². The van der Waals surface area contributed by atoms with Crippen molar-refractivity contribution in [3.8, 4) is 11.4 Å². The summed E-state index contributed by atoms with van der Waals surface area (Å²) < 4.78 is 5.54. The first-order valence-electron chi connectivity index (χ1n) is 9.29. The molecule has 1 aliphatic heterocycles. The molecule has 4 rings (SSSR count). The van der Waals surface area contributed by atoms with Crippen LogP contribution in [0.25, 0.3) is 11.4 Å². The summed E-state index contributed by atoms with van der Waals surface area (Å²) in [4.78, 5) is 9.46. The summed E-state index contributed by atoms with van der Waals surface area (Å²) in [5, 5.41) is 4.94. The molecule has 1 aromatic heterocycles. The molecule has 6 heteroatoms. The van der Waals surface area contributed by atoms with Crippen LogP contribution in [0.1, 0.15) is 24.4 Å². The van der Waals surface area contributed by atoms with Crippen LogP contribution in [0.4, 0.5) is 0 Å². The van der Waals surface area contributed by atoms with Gasteiger partial charge in [-0.2, -0.15) is 4.98 Å². The van der Waals surface area contributed by atoms with Crippen LogP contribution in [-0.2, 0) is 6.54 Å². The Morgan fingerprint density at radius 1 is 1.04 bits per heavy atom. The summed E-state index contributed by atoms with van der Waals surface area (Å²) in [5.74, 6) is 1.33. The average molecular weight is 383 g/mol. The van der Waals surface area contributed by atoms with Crippen molar-refractivity contribution < 1.29 is 4.52 Å². The maximum Gasteiger partial charge on any atom is 0.244 e. The molecule has 2 heterocycles. The third-order valence-electron chi connectivity index (χ3n) is 5.08. The molecule has 3 aromatic rings. The first-order valence-corrected chi connectivity index (χ1v) is 9.67. The van der Waals surface area contributed by atoms with Gasteiger partial charge in [-0.3, -0.25) is 9.80 Å². The summed E-state index contributed by atoms with van der Waals surface area (Å²) in [6, 6.07) is 18.1. The first-order chi connectivity index (χ1) is 13.2. The van der Waals surface area contributed by atoms with Gasteiger partial charge in [0.1, 0.15) is 0 Å². The van der Waals surface area contributed by atoms with E-state index in [1.165, 1.54) is 5.56 Å². The zero-order chi connectivity index (χ0) is 18.6. The molecule has 2 aromatic carbocycles. The number of piperazine rings is 1. The smallest absolute Gasteiger partial charge is 0.244 e. The predicted molar refractivity (Wildman–Crippen MR) is 106 cm³/mol. The lowest BCUT2D eigenvalue weighted by Crippen LogP contribution is -2.46. The van der Waals surface area contributed by atoms with Crippen LogP contribution in [0.3, 0.4) is 0 Å². The normalized spacial score (nSPS) is 17.1. The molecule has 1 atom stereocenters. The third kappa shape index (κ3) is 4.38. The van der Waals surface area contributed by atoms with Crippen molar-refractivity contribution in [3.63, 3.8) is 0 Å². The summed E-state index contributed by atoms with van der Waals surface area (Å²) in [7, 11) is 0. The molecule has 0 N–H and O–H groups in total. The van der Waals surface area contributed by atoms with Gasteiger partial charge in [-0.15, -0.1) is 0 Å². The van der Waals surface area contributed by atoms with Crippen molar-refractivity contribution in [3.05, 3.63) is 71.1 Å². The van der Waals surface area contributed by atoms with Gasteiger partial charge in [0.05, 0.1) is 6.04 Å². The number of rotatable bonds is 5. The predicted octanol–water partition coefficient (Wildman–Crippen LogP) is 4.27. The van der Waals surface area contributed by atoms with E-state index in [-0.39, 0.29) is 6.04 Å². The van der Waals surface area contributed by atoms with E-state index in [1.54, 1.807) is 0 Å². The van der Waals surface area contributed by atoms with Crippen molar-refractivity contribution >= 4 is 11.6 Å². The quantitative estimate of drug-likeness (QED) is 0.659. The average Bonchev–Trinajstić information content (AvgIpc) is 3.19. The lowest BCUT2D eigenvalue weighted by Gasteiger charge is -2.36. The minimum Gasteiger partial charge on any atom is -0.337 e. The molecule has 0 radical (unpaired) electrons. The Morgan fingerprint density at radius 2 is 1.81 bits per heavy atom. The van der Waals surface area contributed by atoms with Crippen LogP contribution in [0, 0.1) is 0 Å². The third-order valence-corrected chi connectivity index (χ3v) is 5.32. The second-order valence-electron chi connectivity index (χ2n) is 6.94. The van der Waals surface area contributed by atoms with E-state index in [2.05, 4.69) is 32.9 Å². The Balaban J connectivity index is 1.35. The van der Waals surface area contributed by atoms with Gasteiger partial charge in [-0.1, -0.05) is 59.2 Å². The van der Waals surface area contributed by atoms with Crippen molar-refractivity contribution in [2.75, 3.05) is 26.2 Å². The molecule has 1 unspecified atom stereocenters. The van der Waals surface area contributed by atoms with E-state index in [0.717, 1.165) is 43.3 Å². The van der Waals surface area contributed by atoms with E-state index < -0.39 is 0 Å². The van der Waals surface area contributed by atoms with Gasteiger partial charge in [0, 0.05) is 43.3 Å². The van der Waals surface area contributed by atoms with E-state index >= 15 is 0 Å². The summed E-state index contributed by atoms with van der Waals surface area (Å²) >= 11 is 6.09. The number of halogens is 1. The Hall–Kier alpha value is -2.21. The molecule has 27 heavy (non-hydrogen) atoms. The molecule has 0 amide bonds. The fraction of sp³-hybridized carbons (Fsp3) is 0.333. The van der Waals surface area contributed by atoms with E-state index in [1.807, 2.05) is 48.5 Å². The van der Waals surface area contributed by atoms with E-state index in [4.69, 9.17) is 16.1 Å². The minimum absolute atomic E-state index is 0.114. The number of aromatic nitrogens is 2. The number of hydrogen-bond acceptors (Lipinski definition) is 5. The maximum absolute atomic E-state index is 6.09. The lowest BCUT2D eigenvalue weighted by atomic mass is 10.1. The Kier molecular flexibility index (Phi) is 5.53. The van der Waals surface area contributed by atoms with Gasteiger partial charge in [0.25, 0.3) is 0 Å². The number of hydrogen-bond donors (Lipinski definition) is 0. The van der Waals surface area contributed by atoms with Crippen LogP contribution < -0.4 is 0 Å². The second-order valence-corrected chi connectivity index (χ2v) is 7.38. The standard InChI is InChI=1S/C21H23ClN4O/c1-16(21-23-20(24-27-21)18-7-3-2-4-8-18)26-12-10-25(11-13-26)15-17-6-5-9-19(22)14-17/h2-9,14,16H,10-13,15H2,1H3. The summed E-state index contributed by atoms with van der Waals surface area (Å²) in [6.45, 7) is 7.04. The Morgan fingerprint density at radius 3 is 2.56 bits per heavy atom. The SMILES string of the molecule is CC(c1nc(-c2ccccc2)no1)N1CCN(Cc2cccc(Cl)c2)CC1. The monoisotopic (exact) mass is 382 g/mol. The summed E-state index contributed by atoms with van der Waals surface area (Å²) in [6.07, 6.45) is 0. The van der Waals surface area contributed by atoms with Crippen LogP contribution in [0.15, 0.2) is 59.1 Å².